The van der Waals surface area contributed by atoms with Crippen LogP contribution in [0.5, 0.6) is 0 Å². The van der Waals surface area contributed by atoms with Gasteiger partial charge < -0.3 is 4.98 Å². The third kappa shape index (κ3) is 20.6. The molecule has 0 aliphatic rings. The van der Waals surface area contributed by atoms with E-state index in [1.807, 2.05) is 0 Å². The predicted molar refractivity (Wildman–Crippen MR) is 121 cm³/mol. The summed E-state index contributed by atoms with van der Waals surface area (Å²) in [6, 6.07) is 1.21. The van der Waals surface area contributed by atoms with Crippen LogP contribution in [0.15, 0.2) is 0 Å². The van der Waals surface area contributed by atoms with Gasteiger partial charge in [0.2, 0.25) is 0 Å². The van der Waals surface area contributed by atoms with Crippen molar-refractivity contribution in [3.63, 3.8) is 0 Å². The van der Waals surface area contributed by atoms with Gasteiger partial charge in [-0.15, -0.1) is 11.6 Å². The molecule has 0 aromatic carbocycles. The normalized spacial score (nSPS) is 12.5. The molecule has 0 aromatic rings. The second kappa shape index (κ2) is 19.2. The first-order chi connectivity index (χ1) is 12.1. The van der Waals surface area contributed by atoms with Gasteiger partial charge in [-0.25, -0.2) is 0 Å². The van der Waals surface area contributed by atoms with Crippen molar-refractivity contribution in [3.05, 3.63) is 0 Å². The molecule has 0 bridgehead atoms. The third-order valence-corrected chi connectivity index (χ3v) is 7.95. The van der Waals surface area contributed by atoms with Gasteiger partial charge in [-0.3, -0.25) is 0 Å². The summed E-state index contributed by atoms with van der Waals surface area (Å²) < 4.78 is 0. The number of halogens is 1. The molecule has 0 saturated heterocycles. The van der Waals surface area contributed by atoms with Crippen LogP contribution >= 0.6 is 11.6 Å². The van der Waals surface area contributed by atoms with Crippen molar-refractivity contribution in [1.82, 2.24) is 4.98 Å². The fraction of sp³-hybridized carbons (Fsp3) is 1.00. The first-order valence-electron chi connectivity index (χ1n) is 11.4. The van der Waals surface area contributed by atoms with Gasteiger partial charge in [-0.2, -0.15) is 0 Å². The van der Waals surface area contributed by atoms with Crippen molar-refractivity contribution in [2.45, 2.75) is 135 Å². The lowest BCUT2D eigenvalue weighted by atomic mass is 9.97. The molecule has 0 spiro atoms. The highest BCUT2D eigenvalue weighted by Crippen LogP contribution is 2.16. The molecule has 0 radical (unpaired) electrons. The fourth-order valence-electron chi connectivity index (χ4n) is 3.52. The molecule has 0 aliphatic carbocycles. The average molecular weight is 390 g/mol. The number of rotatable bonds is 20. The second-order valence-corrected chi connectivity index (χ2v) is 10.5. The Labute approximate surface area is 167 Å². The maximum Gasteiger partial charge on any atom is 0.0933 e. The minimum Gasteiger partial charge on any atom is -0.337 e. The SMILES string of the molecule is CCCCCCCCCCCCCCCCCC(C)(C)N[SiH2]CCCl. The Kier molecular flexibility index (Phi) is 19.6. The summed E-state index contributed by atoms with van der Waals surface area (Å²) in [5.74, 6) is 0.828. The Bertz CT molecular complexity index is 258. The van der Waals surface area contributed by atoms with Gasteiger partial charge >= 0.3 is 0 Å². The Hall–Kier alpha value is 0.467. The lowest BCUT2D eigenvalue weighted by molar-refractivity contribution is 0.406. The van der Waals surface area contributed by atoms with Gasteiger partial charge in [-0.05, 0) is 26.3 Å². The summed E-state index contributed by atoms with van der Waals surface area (Å²) in [6.07, 6.45) is 23.0. The van der Waals surface area contributed by atoms with E-state index in [-0.39, 0.29) is 9.68 Å². The van der Waals surface area contributed by atoms with E-state index in [1.54, 1.807) is 0 Å². The van der Waals surface area contributed by atoms with Crippen LogP contribution in [0.25, 0.3) is 0 Å². The number of nitrogens with one attached hydrogen (secondary N) is 1. The molecule has 0 atom stereocenters. The molecular weight excluding hydrogens is 342 g/mol. The number of unbranched alkanes of at least 4 members (excludes halogenated alkanes) is 14. The van der Waals surface area contributed by atoms with Gasteiger partial charge in [0, 0.05) is 11.4 Å². The van der Waals surface area contributed by atoms with Crippen LogP contribution in [0.3, 0.4) is 0 Å². The molecule has 1 N–H and O–H groups in total. The molecule has 0 fully saturated rings. The van der Waals surface area contributed by atoms with Crippen LogP contribution in [0.4, 0.5) is 0 Å². The Morgan fingerprint density at radius 3 is 1.48 bits per heavy atom. The quantitative estimate of drug-likeness (QED) is 0.130. The van der Waals surface area contributed by atoms with Gasteiger partial charge in [0.15, 0.2) is 0 Å². The second-order valence-electron chi connectivity index (χ2n) is 8.55. The molecule has 0 aliphatic heterocycles. The number of alkyl halides is 1. The van der Waals surface area contributed by atoms with E-state index in [0.29, 0.717) is 5.54 Å². The van der Waals surface area contributed by atoms with Gasteiger partial charge in [0.05, 0.1) is 9.68 Å². The predicted octanol–water partition coefficient (Wildman–Crippen LogP) is 7.36. The standard InChI is InChI=1S/C22H48ClNSi/c1-4-5-6-7-8-9-10-11-12-13-14-15-16-17-18-19-22(2,3)24-25-21-20-23/h24H,4-21,25H2,1-3H3. The monoisotopic (exact) mass is 389 g/mol. The summed E-state index contributed by atoms with van der Waals surface area (Å²) in [6.45, 7) is 7.01. The molecule has 152 valence electrons. The van der Waals surface area contributed by atoms with Crippen molar-refractivity contribution in [3.8, 4) is 0 Å². The largest absolute Gasteiger partial charge is 0.337 e. The summed E-state index contributed by atoms with van der Waals surface area (Å²) in [5.41, 5.74) is 0.342. The zero-order valence-corrected chi connectivity index (χ0v) is 20.0. The molecule has 1 nitrogen and oxygen atoms in total. The van der Waals surface area contributed by atoms with E-state index < -0.39 is 0 Å². The van der Waals surface area contributed by atoms with Gasteiger partial charge in [0.1, 0.15) is 0 Å². The molecular formula is C22H48ClNSi. The fourth-order valence-corrected chi connectivity index (χ4v) is 5.09. The van der Waals surface area contributed by atoms with Crippen LogP contribution < -0.4 is 4.98 Å². The van der Waals surface area contributed by atoms with E-state index in [0.717, 1.165) is 5.88 Å². The summed E-state index contributed by atoms with van der Waals surface area (Å²) in [4.78, 5) is 3.76. The maximum absolute atomic E-state index is 5.77. The van der Waals surface area contributed by atoms with Crippen LogP contribution in [0.1, 0.15) is 124 Å². The molecule has 0 amide bonds. The Morgan fingerprint density at radius 1 is 0.680 bits per heavy atom. The molecule has 25 heavy (non-hydrogen) atoms. The van der Waals surface area contributed by atoms with Crippen LogP contribution in [0, 0.1) is 0 Å². The molecule has 0 saturated carbocycles. The zero-order valence-electron chi connectivity index (χ0n) is 17.8. The Morgan fingerprint density at radius 2 is 1.08 bits per heavy atom. The van der Waals surface area contributed by atoms with E-state index in [9.17, 15) is 0 Å². The minimum absolute atomic E-state index is 0.141. The van der Waals surface area contributed by atoms with Crippen LogP contribution in [-0.4, -0.2) is 21.1 Å². The van der Waals surface area contributed by atoms with E-state index in [2.05, 4.69) is 25.8 Å². The Balaban J connectivity index is 3.18. The van der Waals surface area contributed by atoms with Crippen molar-refractivity contribution in [2.24, 2.45) is 0 Å². The van der Waals surface area contributed by atoms with Gasteiger partial charge in [0.25, 0.3) is 0 Å². The summed E-state index contributed by atoms with van der Waals surface area (Å²) in [5, 5.41) is 0. The third-order valence-electron chi connectivity index (χ3n) is 5.32. The number of hydrogen-bond acceptors (Lipinski definition) is 1. The van der Waals surface area contributed by atoms with Crippen LogP contribution in [0.2, 0.25) is 6.04 Å². The smallest absolute Gasteiger partial charge is 0.0933 e. The van der Waals surface area contributed by atoms with E-state index in [4.69, 9.17) is 11.6 Å². The average Bonchev–Trinajstić information content (AvgIpc) is 2.58. The van der Waals surface area contributed by atoms with Crippen molar-refractivity contribution in [2.75, 3.05) is 5.88 Å². The van der Waals surface area contributed by atoms with Crippen LogP contribution in [-0.2, 0) is 0 Å². The molecule has 0 heterocycles. The lowest BCUT2D eigenvalue weighted by Crippen LogP contribution is -2.41. The van der Waals surface area contributed by atoms with Gasteiger partial charge in [-0.1, -0.05) is 103 Å². The van der Waals surface area contributed by atoms with E-state index >= 15 is 0 Å². The molecule has 0 unspecified atom stereocenters. The summed E-state index contributed by atoms with van der Waals surface area (Å²) in [7, 11) is -0.141. The number of hydrogen-bond donors (Lipinski definition) is 1. The molecule has 0 aromatic heterocycles. The zero-order chi connectivity index (χ0) is 18.6. The topological polar surface area (TPSA) is 12.0 Å². The lowest BCUT2D eigenvalue weighted by Gasteiger charge is -2.26. The minimum atomic E-state index is -0.141. The van der Waals surface area contributed by atoms with Crippen molar-refractivity contribution >= 4 is 21.3 Å². The summed E-state index contributed by atoms with van der Waals surface area (Å²) >= 11 is 5.77. The first-order valence-corrected chi connectivity index (χ1v) is 13.7. The first kappa shape index (κ1) is 25.5. The van der Waals surface area contributed by atoms with Crippen molar-refractivity contribution in [1.29, 1.82) is 0 Å². The highest BCUT2D eigenvalue weighted by Gasteiger charge is 2.15. The molecule has 3 heteroatoms. The maximum atomic E-state index is 5.77. The highest BCUT2D eigenvalue weighted by atomic mass is 35.5. The van der Waals surface area contributed by atoms with E-state index in [1.165, 1.54) is 109 Å². The van der Waals surface area contributed by atoms with Crippen molar-refractivity contribution < 1.29 is 0 Å². The molecule has 0 rings (SSSR count). The highest BCUT2D eigenvalue weighted by molar-refractivity contribution is 6.35.